The molecule has 1 saturated heterocycles. The van der Waals surface area contributed by atoms with Gasteiger partial charge in [0.25, 0.3) is 0 Å². The molecule has 0 atom stereocenters. The van der Waals surface area contributed by atoms with Gasteiger partial charge in [0.2, 0.25) is 0 Å². The van der Waals surface area contributed by atoms with Crippen LogP contribution in [0.1, 0.15) is 23.6 Å². The molecule has 16 heavy (non-hydrogen) atoms. The average molecular weight is 220 g/mol. The van der Waals surface area contributed by atoms with E-state index in [-0.39, 0.29) is 5.41 Å². The van der Waals surface area contributed by atoms with Gasteiger partial charge >= 0.3 is 0 Å². The minimum absolute atomic E-state index is 0.215. The largest absolute Gasteiger partial charge is 0.493 e. The highest BCUT2D eigenvalue weighted by molar-refractivity contribution is 5.40. The maximum absolute atomic E-state index is 5.85. The number of hydrogen-bond donors (Lipinski definition) is 0. The first-order chi connectivity index (χ1) is 7.50. The normalized spacial score (nSPS) is 18.0. The lowest BCUT2D eigenvalue weighted by molar-refractivity contribution is -0.120. The standard InChI is InChI=1S/C14H20O2/c1-10-5-13(6-11(2)12(10)3)16-9-14(4)7-15-8-14/h5-6H,7-9H2,1-4H3. The Morgan fingerprint density at radius 3 is 2.19 bits per heavy atom. The average Bonchev–Trinajstić information content (AvgIpc) is 2.20. The van der Waals surface area contributed by atoms with Gasteiger partial charge in [0.05, 0.1) is 19.8 Å². The van der Waals surface area contributed by atoms with Gasteiger partial charge in [0.15, 0.2) is 0 Å². The zero-order valence-corrected chi connectivity index (χ0v) is 10.6. The highest BCUT2D eigenvalue weighted by atomic mass is 16.5. The molecule has 0 aromatic heterocycles. The molecule has 1 heterocycles. The first-order valence-corrected chi connectivity index (χ1v) is 5.79. The second kappa shape index (κ2) is 4.10. The molecule has 0 aliphatic carbocycles. The second-order valence-electron chi connectivity index (χ2n) is 5.27. The second-order valence-corrected chi connectivity index (χ2v) is 5.27. The first kappa shape index (κ1) is 11.5. The Balaban J connectivity index is 2.04. The van der Waals surface area contributed by atoms with E-state index in [4.69, 9.17) is 9.47 Å². The van der Waals surface area contributed by atoms with Gasteiger partial charge in [-0.2, -0.15) is 0 Å². The van der Waals surface area contributed by atoms with E-state index < -0.39 is 0 Å². The molecule has 2 rings (SSSR count). The van der Waals surface area contributed by atoms with Crippen LogP contribution in [0.25, 0.3) is 0 Å². The van der Waals surface area contributed by atoms with Crippen LogP contribution in [-0.2, 0) is 4.74 Å². The third-order valence-electron chi connectivity index (χ3n) is 3.39. The molecule has 2 nitrogen and oxygen atoms in total. The van der Waals surface area contributed by atoms with E-state index in [1.54, 1.807) is 0 Å². The molecule has 0 spiro atoms. The Bertz CT molecular complexity index is 369. The minimum Gasteiger partial charge on any atom is -0.493 e. The summed E-state index contributed by atoms with van der Waals surface area (Å²) < 4.78 is 11.1. The van der Waals surface area contributed by atoms with Crippen molar-refractivity contribution in [3.8, 4) is 5.75 Å². The van der Waals surface area contributed by atoms with E-state index in [0.717, 1.165) is 25.6 Å². The molecule has 0 amide bonds. The summed E-state index contributed by atoms with van der Waals surface area (Å²) in [5, 5.41) is 0. The Hall–Kier alpha value is -1.02. The van der Waals surface area contributed by atoms with Crippen molar-refractivity contribution in [3.05, 3.63) is 28.8 Å². The summed E-state index contributed by atoms with van der Waals surface area (Å²) >= 11 is 0. The van der Waals surface area contributed by atoms with Crippen LogP contribution in [0.3, 0.4) is 0 Å². The van der Waals surface area contributed by atoms with E-state index in [1.165, 1.54) is 16.7 Å². The zero-order valence-electron chi connectivity index (χ0n) is 10.6. The van der Waals surface area contributed by atoms with Crippen molar-refractivity contribution in [2.45, 2.75) is 27.7 Å². The van der Waals surface area contributed by atoms with Gasteiger partial charge < -0.3 is 9.47 Å². The van der Waals surface area contributed by atoms with Crippen LogP contribution in [-0.4, -0.2) is 19.8 Å². The number of benzene rings is 1. The van der Waals surface area contributed by atoms with Crippen molar-refractivity contribution in [2.75, 3.05) is 19.8 Å². The Kier molecular flexibility index (Phi) is 2.94. The summed E-state index contributed by atoms with van der Waals surface area (Å²) in [5.74, 6) is 0.980. The Labute approximate surface area is 97.6 Å². The summed E-state index contributed by atoms with van der Waals surface area (Å²) in [7, 11) is 0. The van der Waals surface area contributed by atoms with Gasteiger partial charge in [0.1, 0.15) is 5.75 Å². The third kappa shape index (κ3) is 2.22. The molecular formula is C14H20O2. The maximum Gasteiger partial charge on any atom is 0.119 e. The third-order valence-corrected chi connectivity index (χ3v) is 3.39. The molecule has 88 valence electrons. The Morgan fingerprint density at radius 2 is 1.75 bits per heavy atom. The van der Waals surface area contributed by atoms with Crippen LogP contribution in [0.2, 0.25) is 0 Å². The molecular weight excluding hydrogens is 200 g/mol. The smallest absolute Gasteiger partial charge is 0.119 e. The van der Waals surface area contributed by atoms with Crippen LogP contribution in [0.5, 0.6) is 5.75 Å². The number of hydrogen-bond acceptors (Lipinski definition) is 2. The van der Waals surface area contributed by atoms with Crippen LogP contribution >= 0.6 is 0 Å². The van der Waals surface area contributed by atoms with E-state index in [1.807, 2.05) is 0 Å². The summed E-state index contributed by atoms with van der Waals surface area (Å²) in [4.78, 5) is 0. The molecule has 1 aliphatic heterocycles. The molecule has 0 unspecified atom stereocenters. The summed E-state index contributed by atoms with van der Waals surface area (Å²) in [6.07, 6.45) is 0. The fourth-order valence-corrected chi connectivity index (χ4v) is 1.87. The van der Waals surface area contributed by atoms with Gasteiger partial charge in [-0.05, 0) is 49.6 Å². The molecule has 2 heteroatoms. The number of ether oxygens (including phenoxy) is 2. The maximum atomic E-state index is 5.85. The Morgan fingerprint density at radius 1 is 1.19 bits per heavy atom. The molecule has 0 N–H and O–H groups in total. The van der Waals surface area contributed by atoms with Gasteiger partial charge in [-0.1, -0.05) is 6.92 Å². The molecule has 1 aromatic rings. The van der Waals surface area contributed by atoms with Crippen molar-refractivity contribution in [1.82, 2.24) is 0 Å². The fourth-order valence-electron chi connectivity index (χ4n) is 1.87. The zero-order chi connectivity index (χ0) is 11.8. The van der Waals surface area contributed by atoms with Crippen molar-refractivity contribution in [1.29, 1.82) is 0 Å². The van der Waals surface area contributed by atoms with E-state index in [2.05, 4.69) is 39.8 Å². The highest BCUT2D eigenvalue weighted by Gasteiger charge is 2.34. The van der Waals surface area contributed by atoms with Crippen LogP contribution in [0.4, 0.5) is 0 Å². The first-order valence-electron chi connectivity index (χ1n) is 5.79. The molecule has 0 radical (unpaired) electrons. The van der Waals surface area contributed by atoms with Crippen molar-refractivity contribution in [3.63, 3.8) is 0 Å². The molecule has 0 bridgehead atoms. The quantitative estimate of drug-likeness (QED) is 0.779. The SMILES string of the molecule is Cc1cc(OCC2(C)COC2)cc(C)c1C. The van der Waals surface area contributed by atoms with Gasteiger partial charge in [-0.25, -0.2) is 0 Å². The molecule has 0 saturated carbocycles. The predicted octanol–water partition coefficient (Wildman–Crippen LogP) is 3.03. The van der Waals surface area contributed by atoms with Gasteiger partial charge in [0, 0.05) is 5.41 Å². The van der Waals surface area contributed by atoms with E-state index in [9.17, 15) is 0 Å². The summed E-state index contributed by atoms with van der Waals surface area (Å²) in [6.45, 7) is 11.0. The van der Waals surface area contributed by atoms with E-state index in [0.29, 0.717) is 0 Å². The number of aryl methyl sites for hydroxylation is 2. The lowest BCUT2D eigenvalue weighted by Gasteiger charge is -2.37. The lowest BCUT2D eigenvalue weighted by atomic mass is 9.90. The van der Waals surface area contributed by atoms with Crippen molar-refractivity contribution >= 4 is 0 Å². The topological polar surface area (TPSA) is 18.5 Å². The summed E-state index contributed by atoms with van der Waals surface area (Å²) in [5.41, 5.74) is 4.16. The van der Waals surface area contributed by atoms with E-state index >= 15 is 0 Å². The van der Waals surface area contributed by atoms with Crippen molar-refractivity contribution < 1.29 is 9.47 Å². The minimum atomic E-state index is 0.215. The highest BCUT2D eigenvalue weighted by Crippen LogP contribution is 2.28. The van der Waals surface area contributed by atoms with Crippen LogP contribution < -0.4 is 4.74 Å². The summed E-state index contributed by atoms with van der Waals surface area (Å²) in [6, 6.07) is 4.23. The van der Waals surface area contributed by atoms with Gasteiger partial charge in [-0.15, -0.1) is 0 Å². The lowest BCUT2D eigenvalue weighted by Crippen LogP contribution is -2.44. The molecule has 1 fully saturated rings. The predicted molar refractivity (Wildman–Crippen MR) is 65.1 cm³/mol. The van der Waals surface area contributed by atoms with Gasteiger partial charge in [-0.3, -0.25) is 0 Å². The fraction of sp³-hybridized carbons (Fsp3) is 0.571. The van der Waals surface area contributed by atoms with Crippen LogP contribution in [0, 0.1) is 26.2 Å². The molecule has 1 aliphatic rings. The number of rotatable bonds is 3. The van der Waals surface area contributed by atoms with Crippen molar-refractivity contribution in [2.24, 2.45) is 5.41 Å². The monoisotopic (exact) mass is 220 g/mol. The van der Waals surface area contributed by atoms with Crippen LogP contribution in [0.15, 0.2) is 12.1 Å². The molecule has 1 aromatic carbocycles.